The zero-order valence-electron chi connectivity index (χ0n) is 14.2. The molecule has 1 aromatic heterocycles. The predicted molar refractivity (Wildman–Crippen MR) is 90.4 cm³/mol. The lowest BCUT2D eigenvalue weighted by Crippen LogP contribution is -2.40. The highest BCUT2D eigenvalue weighted by Crippen LogP contribution is 2.17. The number of alkyl carbamates (subject to hydrolysis) is 1. The lowest BCUT2D eigenvalue weighted by Gasteiger charge is -2.23. The van der Waals surface area contributed by atoms with E-state index in [-0.39, 0.29) is 5.91 Å². The first-order valence-corrected chi connectivity index (χ1v) is 7.58. The first kappa shape index (κ1) is 17.5. The summed E-state index contributed by atoms with van der Waals surface area (Å²) in [7, 11) is 1.75. The fourth-order valence-electron chi connectivity index (χ4n) is 2.07. The van der Waals surface area contributed by atoms with Crippen LogP contribution in [-0.4, -0.2) is 27.4 Å². The summed E-state index contributed by atoms with van der Waals surface area (Å²) in [5.41, 5.74) is 0.560. The largest absolute Gasteiger partial charge is 0.444 e. The van der Waals surface area contributed by atoms with Crippen molar-refractivity contribution < 1.29 is 14.3 Å². The van der Waals surface area contributed by atoms with Gasteiger partial charge in [-0.25, -0.2) is 4.79 Å². The molecule has 2 N–H and O–H groups in total. The van der Waals surface area contributed by atoms with Crippen LogP contribution in [0.3, 0.4) is 0 Å². The normalized spacial score (nSPS) is 12.3. The van der Waals surface area contributed by atoms with Crippen LogP contribution >= 0.6 is 0 Å². The molecule has 24 heavy (non-hydrogen) atoms. The molecule has 7 heteroatoms. The smallest absolute Gasteiger partial charge is 0.408 e. The quantitative estimate of drug-likeness (QED) is 0.902. The van der Waals surface area contributed by atoms with Crippen molar-refractivity contribution in [3.63, 3.8) is 0 Å². The van der Waals surface area contributed by atoms with Crippen molar-refractivity contribution in [1.29, 1.82) is 0 Å². The first-order chi connectivity index (χ1) is 11.2. The summed E-state index contributed by atoms with van der Waals surface area (Å²) < 4.78 is 6.83. The van der Waals surface area contributed by atoms with Gasteiger partial charge in [0.05, 0.1) is 11.9 Å². The Balaban J connectivity index is 2.16. The predicted octanol–water partition coefficient (Wildman–Crippen LogP) is 2.62. The van der Waals surface area contributed by atoms with Crippen molar-refractivity contribution in [1.82, 2.24) is 15.1 Å². The average Bonchev–Trinajstić information content (AvgIpc) is 2.89. The molecule has 0 saturated heterocycles. The Bertz CT molecular complexity index is 704. The molecule has 7 nitrogen and oxygen atoms in total. The fourth-order valence-corrected chi connectivity index (χ4v) is 2.07. The van der Waals surface area contributed by atoms with E-state index < -0.39 is 17.7 Å². The lowest BCUT2D eigenvalue weighted by atomic mass is 10.1. The number of nitrogens with zero attached hydrogens (tertiary/aromatic N) is 2. The Morgan fingerprint density at radius 3 is 2.42 bits per heavy atom. The maximum absolute atomic E-state index is 12.6. The van der Waals surface area contributed by atoms with Gasteiger partial charge in [0.25, 0.3) is 5.91 Å². The highest BCUT2D eigenvalue weighted by atomic mass is 16.6. The third-order valence-corrected chi connectivity index (χ3v) is 3.03. The van der Waals surface area contributed by atoms with Gasteiger partial charge >= 0.3 is 6.09 Å². The van der Waals surface area contributed by atoms with E-state index >= 15 is 0 Å². The maximum atomic E-state index is 12.6. The Morgan fingerprint density at radius 2 is 1.88 bits per heavy atom. The molecule has 0 unspecified atom stereocenters. The number of benzene rings is 1. The van der Waals surface area contributed by atoms with Gasteiger partial charge in [-0.1, -0.05) is 30.3 Å². The standard InChI is InChI=1S/C17H22N4O3/c1-17(2,3)24-16(23)20-14(12-8-6-5-7-9-12)15(22)19-13-10-18-21(4)11-13/h5-11,14H,1-4H3,(H,19,22)(H,20,23)/t14-/m0/s1. The molecule has 0 bridgehead atoms. The molecule has 0 fully saturated rings. The van der Waals surface area contributed by atoms with E-state index in [1.807, 2.05) is 6.07 Å². The summed E-state index contributed by atoms with van der Waals surface area (Å²) in [6.07, 6.45) is 2.55. The summed E-state index contributed by atoms with van der Waals surface area (Å²) in [5, 5.41) is 9.35. The number of ether oxygens (including phenoxy) is 1. The van der Waals surface area contributed by atoms with Gasteiger partial charge in [-0.2, -0.15) is 5.10 Å². The average molecular weight is 330 g/mol. The molecule has 0 spiro atoms. The van der Waals surface area contributed by atoms with Crippen molar-refractivity contribution in [2.24, 2.45) is 7.05 Å². The van der Waals surface area contributed by atoms with Crippen molar-refractivity contribution in [3.05, 3.63) is 48.3 Å². The minimum Gasteiger partial charge on any atom is -0.444 e. The monoisotopic (exact) mass is 330 g/mol. The SMILES string of the molecule is Cn1cc(NC(=O)[C@@H](NC(=O)OC(C)(C)C)c2ccccc2)cn1. The molecule has 0 aliphatic carbocycles. The van der Waals surface area contributed by atoms with E-state index in [1.54, 1.807) is 63.0 Å². The molecule has 1 atom stereocenters. The summed E-state index contributed by atoms with van der Waals surface area (Å²) >= 11 is 0. The Labute approximate surface area is 141 Å². The highest BCUT2D eigenvalue weighted by molar-refractivity contribution is 5.97. The van der Waals surface area contributed by atoms with Crippen LogP contribution in [0.2, 0.25) is 0 Å². The van der Waals surface area contributed by atoms with Gasteiger partial charge in [0.15, 0.2) is 0 Å². The first-order valence-electron chi connectivity index (χ1n) is 7.58. The zero-order valence-corrected chi connectivity index (χ0v) is 14.2. The van der Waals surface area contributed by atoms with Crippen molar-refractivity contribution in [3.8, 4) is 0 Å². The van der Waals surface area contributed by atoms with Crippen LogP contribution in [0, 0.1) is 0 Å². The van der Waals surface area contributed by atoms with Gasteiger partial charge in [-0.3, -0.25) is 9.48 Å². The number of hydrogen-bond acceptors (Lipinski definition) is 4. The summed E-state index contributed by atoms with van der Waals surface area (Å²) in [4.78, 5) is 24.7. The molecular weight excluding hydrogens is 308 g/mol. The topological polar surface area (TPSA) is 85.2 Å². The van der Waals surface area contributed by atoms with E-state index in [9.17, 15) is 9.59 Å². The number of anilines is 1. The van der Waals surface area contributed by atoms with Gasteiger partial charge < -0.3 is 15.4 Å². The maximum Gasteiger partial charge on any atom is 0.408 e. The van der Waals surface area contributed by atoms with Crippen LogP contribution in [0.25, 0.3) is 0 Å². The number of rotatable bonds is 4. The van der Waals surface area contributed by atoms with E-state index in [0.29, 0.717) is 11.3 Å². The molecule has 128 valence electrons. The van der Waals surface area contributed by atoms with E-state index in [0.717, 1.165) is 0 Å². The van der Waals surface area contributed by atoms with Gasteiger partial charge in [0, 0.05) is 13.2 Å². The van der Waals surface area contributed by atoms with Crippen LogP contribution in [0.15, 0.2) is 42.7 Å². The van der Waals surface area contributed by atoms with Crippen molar-refractivity contribution in [2.75, 3.05) is 5.32 Å². The number of amides is 2. The van der Waals surface area contributed by atoms with E-state index in [1.165, 1.54) is 6.20 Å². The number of aromatic nitrogens is 2. The second-order valence-corrected chi connectivity index (χ2v) is 6.38. The lowest BCUT2D eigenvalue weighted by molar-refractivity contribution is -0.118. The molecule has 0 radical (unpaired) electrons. The molecule has 1 aromatic carbocycles. The van der Waals surface area contributed by atoms with Crippen molar-refractivity contribution >= 4 is 17.7 Å². The van der Waals surface area contributed by atoms with E-state index in [4.69, 9.17) is 4.74 Å². The molecule has 2 aromatic rings. The number of nitrogens with one attached hydrogen (secondary N) is 2. The second kappa shape index (κ2) is 7.16. The Hall–Kier alpha value is -2.83. The minimum absolute atomic E-state index is 0.375. The summed E-state index contributed by atoms with van der Waals surface area (Å²) in [6.45, 7) is 5.29. The third-order valence-electron chi connectivity index (χ3n) is 3.03. The van der Waals surface area contributed by atoms with Gasteiger partial charge in [0.1, 0.15) is 11.6 Å². The molecule has 0 aliphatic heterocycles. The summed E-state index contributed by atoms with van der Waals surface area (Å²) in [6, 6.07) is 8.11. The summed E-state index contributed by atoms with van der Waals surface area (Å²) in [5.74, 6) is -0.375. The molecule has 1 heterocycles. The minimum atomic E-state index is -0.874. The molecular formula is C17H22N4O3. The fraction of sp³-hybridized carbons (Fsp3) is 0.353. The van der Waals surface area contributed by atoms with Gasteiger partial charge in [-0.15, -0.1) is 0 Å². The third kappa shape index (κ3) is 5.12. The number of carbonyl (C=O) groups is 2. The molecule has 0 aliphatic rings. The van der Waals surface area contributed by atoms with Crippen LogP contribution in [0.1, 0.15) is 32.4 Å². The Kier molecular flexibility index (Phi) is 5.23. The van der Waals surface area contributed by atoms with E-state index in [2.05, 4.69) is 15.7 Å². The van der Waals surface area contributed by atoms with Gasteiger partial charge in [-0.05, 0) is 26.3 Å². The van der Waals surface area contributed by atoms with Crippen LogP contribution in [-0.2, 0) is 16.6 Å². The molecule has 2 rings (SSSR count). The second-order valence-electron chi connectivity index (χ2n) is 6.38. The Morgan fingerprint density at radius 1 is 1.21 bits per heavy atom. The van der Waals surface area contributed by atoms with Crippen LogP contribution in [0.4, 0.5) is 10.5 Å². The highest BCUT2D eigenvalue weighted by Gasteiger charge is 2.26. The number of carbonyl (C=O) groups excluding carboxylic acids is 2. The number of aryl methyl sites for hydroxylation is 1. The van der Waals surface area contributed by atoms with Crippen molar-refractivity contribution in [2.45, 2.75) is 32.4 Å². The van der Waals surface area contributed by atoms with Crippen LogP contribution < -0.4 is 10.6 Å². The molecule has 0 saturated carbocycles. The molecule has 2 amide bonds. The van der Waals surface area contributed by atoms with Crippen LogP contribution in [0.5, 0.6) is 0 Å². The van der Waals surface area contributed by atoms with Gasteiger partial charge in [0.2, 0.25) is 0 Å². The zero-order chi connectivity index (χ0) is 17.7. The number of hydrogen-bond donors (Lipinski definition) is 2.